The van der Waals surface area contributed by atoms with Gasteiger partial charge in [0, 0.05) is 13.1 Å². The molecule has 0 radical (unpaired) electrons. The number of nitrogens with two attached hydrogens (primary N) is 1. The number of hydrogen-bond donors (Lipinski definition) is 2. The van der Waals surface area contributed by atoms with Gasteiger partial charge in [0.25, 0.3) is 0 Å². The molecular formula is C21H35N3O2. The Hall–Kier alpha value is -1.59. The monoisotopic (exact) mass is 361 g/mol. The second-order valence-corrected chi connectivity index (χ2v) is 8.61. The van der Waals surface area contributed by atoms with Crippen molar-refractivity contribution >= 4 is 5.91 Å². The highest BCUT2D eigenvalue weighted by atomic mass is 16.5. The molecule has 2 atom stereocenters. The molecule has 1 saturated heterocycles. The minimum atomic E-state index is 0.0585. The Balaban J connectivity index is 1.74. The summed E-state index contributed by atoms with van der Waals surface area (Å²) in [6, 6.07) is 7.93. The molecule has 1 fully saturated rings. The molecule has 2 rings (SSSR count). The van der Waals surface area contributed by atoms with Crippen molar-refractivity contribution in [3.63, 3.8) is 0 Å². The highest BCUT2D eigenvalue weighted by molar-refractivity contribution is 5.78. The number of likely N-dealkylation sites (tertiary alicyclic amines) is 1. The fraction of sp³-hybridized carbons (Fsp3) is 0.667. The molecule has 1 aromatic carbocycles. The maximum Gasteiger partial charge on any atom is 0.234 e. The van der Waals surface area contributed by atoms with E-state index in [0.717, 1.165) is 25.3 Å². The van der Waals surface area contributed by atoms with Gasteiger partial charge in [0.05, 0.1) is 13.1 Å². The smallest absolute Gasteiger partial charge is 0.234 e. The molecule has 1 heterocycles. The molecule has 1 amide bonds. The van der Waals surface area contributed by atoms with Gasteiger partial charge in [-0.2, -0.15) is 0 Å². The Morgan fingerprint density at radius 2 is 2.12 bits per heavy atom. The van der Waals surface area contributed by atoms with E-state index in [1.165, 1.54) is 5.56 Å². The summed E-state index contributed by atoms with van der Waals surface area (Å²) in [5.74, 6) is 1.95. The fourth-order valence-electron chi connectivity index (χ4n) is 3.55. The maximum absolute atomic E-state index is 12.3. The van der Waals surface area contributed by atoms with Gasteiger partial charge in [0.15, 0.2) is 0 Å². The molecule has 1 aliphatic rings. The molecule has 26 heavy (non-hydrogen) atoms. The number of hydrogen-bond acceptors (Lipinski definition) is 4. The molecular weight excluding hydrogens is 326 g/mol. The van der Waals surface area contributed by atoms with Crippen LogP contribution >= 0.6 is 0 Å². The molecule has 5 nitrogen and oxygen atoms in total. The van der Waals surface area contributed by atoms with Crippen LogP contribution in [0.1, 0.15) is 32.8 Å². The quantitative estimate of drug-likeness (QED) is 0.732. The summed E-state index contributed by atoms with van der Waals surface area (Å²) in [4.78, 5) is 14.5. The van der Waals surface area contributed by atoms with Crippen molar-refractivity contribution in [2.24, 2.45) is 23.0 Å². The zero-order chi connectivity index (χ0) is 19.2. The standard InChI is InChI=1S/C21H35N3O2/c1-16-6-5-7-19(10-16)26-9-8-23-20(25)15-24-13-17(12-22)11-18(14-24)21(2,3)4/h5-7,10,17-18H,8-9,11-15,22H2,1-4H3,(H,23,25)/t17-,18-/m1/s1. The second-order valence-electron chi connectivity index (χ2n) is 8.61. The van der Waals surface area contributed by atoms with E-state index >= 15 is 0 Å². The molecule has 3 N–H and O–H groups in total. The normalized spacial score (nSPS) is 21.4. The van der Waals surface area contributed by atoms with Gasteiger partial charge < -0.3 is 15.8 Å². The molecule has 0 saturated carbocycles. The molecule has 0 unspecified atom stereocenters. The van der Waals surface area contributed by atoms with Crippen LogP contribution in [0.25, 0.3) is 0 Å². The van der Waals surface area contributed by atoms with E-state index in [1.807, 2.05) is 31.2 Å². The summed E-state index contributed by atoms with van der Waals surface area (Å²) < 4.78 is 5.68. The lowest BCUT2D eigenvalue weighted by atomic mass is 9.73. The number of ether oxygens (including phenoxy) is 1. The SMILES string of the molecule is Cc1cccc(OCCNC(=O)CN2C[C@@H](CN)C[C@@H](C(C)(C)C)C2)c1. The maximum atomic E-state index is 12.3. The first-order valence-corrected chi connectivity index (χ1v) is 9.66. The number of carbonyl (C=O) groups excluding carboxylic acids is 1. The second kappa shape index (κ2) is 9.38. The highest BCUT2D eigenvalue weighted by Crippen LogP contribution is 2.35. The molecule has 5 heteroatoms. The van der Waals surface area contributed by atoms with Crippen molar-refractivity contribution in [2.75, 3.05) is 39.3 Å². The van der Waals surface area contributed by atoms with Crippen LogP contribution in [0.4, 0.5) is 0 Å². The zero-order valence-electron chi connectivity index (χ0n) is 16.8. The molecule has 0 aliphatic carbocycles. The number of piperidine rings is 1. The number of amides is 1. The molecule has 0 aromatic heterocycles. The van der Waals surface area contributed by atoms with Crippen molar-refractivity contribution < 1.29 is 9.53 Å². The summed E-state index contributed by atoms with van der Waals surface area (Å²) in [6.07, 6.45) is 1.16. The topological polar surface area (TPSA) is 67.6 Å². The Labute approximate surface area is 158 Å². The number of benzene rings is 1. The summed E-state index contributed by atoms with van der Waals surface area (Å²) in [6.45, 7) is 12.9. The van der Waals surface area contributed by atoms with Crippen LogP contribution in [-0.4, -0.2) is 50.1 Å². The molecule has 1 aromatic rings. The van der Waals surface area contributed by atoms with Gasteiger partial charge in [0.2, 0.25) is 5.91 Å². The summed E-state index contributed by atoms with van der Waals surface area (Å²) in [5.41, 5.74) is 7.33. The molecule has 146 valence electrons. The number of nitrogens with one attached hydrogen (secondary N) is 1. The number of carbonyl (C=O) groups is 1. The van der Waals surface area contributed by atoms with Crippen LogP contribution in [-0.2, 0) is 4.79 Å². The fourth-order valence-corrected chi connectivity index (χ4v) is 3.55. The Morgan fingerprint density at radius 1 is 1.35 bits per heavy atom. The highest BCUT2D eigenvalue weighted by Gasteiger charge is 2.34. The van der Waals surface area contributed by atoms with Crippen molar-refractivity contribution in [1.29, 1.82) is 0 Å². The van der Waals surface area contributed by atoms with Crippen molar-refractivity contribution in [1.82, 2.24) is 10.2 Å². The first-order valence-electron chi connectivity index (χ1n) is 9.66. The lowest BCUT2D eigenvalue weighted by Crippen LogP contribution is -2.50. The first kappa shape index (κ1) is 20.7. The third-order valence-corrected chi connectivity index (χ3v) is 5.22. The third-order valence-electron chi connectivity index (χ3n) is 5.22. The van der Waals surface area contributed by atoms with Crippen molar-refractivity contribution in [3.8, 4) is 5.75 Å². The minimum absolute atomic E-state index is 0.0585. The van der Waals surface area contributed by atoms with Crippen LogP contribution in [0.15, 0.2) is 24.3 Å². The van der Waals surface area contributed by atoms with Crippen LogP contribution in [0.3, 0.4) is 0 Å². The van der Waals surface area contributed by atoms with Crippen molar-refractivity contribution in [2.45, 2.75) is 34.1 Å². The van der Waals surface area contributed by atoms with Gasteiger partial charge in [-0.1, -0.05) is 32.9 Å². The van der Waals surface area contributed by atoms with Crippen molar-refractivity contribution in [3.05, 3.63) is 29.8 Å². The first-order chi connectivity index (χ1) is 12.3. The summed E-state index contributed by atoms with van der Waals surface area (Å²) >= 11 is 0. The van der Waals surface area contributed by atoms with E-state index in [1.54, 1.807) is 0 Å². The van der Waals surface area contributed by atoms with Gasteiger partial charge in [-0.25, -0.2) is 0 Å². The van der Waals surface area contributed by atoms with Gasteiger partial charge in [-0.05, 0) is 54.8 Å². The Bertz CT molecular complexity index is 583. The van der Waals surface area contributed by atoms with Gasteiger partial charge in [-0.3, -0.25) is 9.69 Å². The minimum Gasteiger partial charge on any atom is -0.492 e. The largest absolute Gasteiger partial charge is 0.492 e. The number of aryl methyl sites for hydroxylation is 1. The van der Waals surface area contributed by atoms with Crippen LogP contribution < -0.4 is 15.8 Å². The van der Waals surface area contributed by atoms with E-state index in [9.17, 15) is 4.79 Å². The molecule has 0 bridgehead atoms. The van der Waals surface area contributed by atoms with E-state index < -0.39 is 0 Å². The zero-order valence-corrected chi connectivity index (χ0v) is 16.8. The van der Waals surface area contributed by atoms with E-state index in [2.05, 4.69) is 31.0 Å². The lowest BCUT2D eigenvalue weighted by molar-refractivity contribution is -0.123. The van der Waals surface area contributed by atoms with Crippen LogP contribution in [0.2, 0.25) is 0 Å². The van der Waals surface area contributed by atoms with E-state index in [4.69, 9.17) is 10.5 Å². The van der Waals surface area contributed by atoms with Gasteiger partial charge >= 0.3 is 0 Å². The average molecular weight is 362 g/mol. The predicted molar refractivity (Wildman–Crippen MR) is 106 cm³/mol. The summed E-state index contributed by atoms with van der Waals surface area (Å²) in [5, 5.41) is 2.96. The average Bonchev–Trinajstić information content (AvgIpc) is 2.57. The Morgan fingerprint density at radius 3 is 2.77 bits per heavy atom. The van der Waals surface area contributed by atoms with Crippen LogP contribution in [0.5, 0.6) is 5.75 Å². The molecule has 0 spiro atoms. The van der Waals surface area contributed by atoms with Gasteiger partial charge in [0.1, 0.15) is 12.4 Å². The number of nitrogens with zero attached hydrogens (tertiary/aromatic N) is 1. The molecule has 1 aliphatic heterocycles. The lowest BCUT2D eigenvalue weighted by Gasteiger charge is -2.43. The Kier molecular flexibility index (Phi) is 7.47. The van der Waals surface area contributed by atoms with Crippen LogP contribution in [0, 0.1) is 24.2 Å². The predicted octanol–water partition coefficient (Wildman–Crippen LogP) is 2.43. The summed E-state index contributed by atoms with van der Waals surface area (Å²) in [7, 11) is 0. The number of rotatable bonds is 7. The van der Waals surface area contributed by atoms with E-state index in [0.29, 0.717) is 38.1 Å². The van der Waals surface area contributed by atoms with E-state index in [-0.39, 0.29) is 11.3 Å². The third kappa shape index (κ3) is 6.61. The van der Waals surface area contributed by atoms with Gasteiger partial charge in [-0.15, -0.1) is 0 Å².